The van der Waals surface area contributed by atoms with Gasteiger partial charge in [-0.1, -0.05) is 6.92 Å². The summed E-state index contributed by atoms with van der Waals surface area (Å²) < 4.78 is 5.81. The Balaban J connectivity index is 2.04. The van der Waals surface area contributed by atoms with Crippen molar-refractivity contribution < 1.29 is 9.52 Å². The van der Waals surface area contributed by atoms with Gasteiger partial charge in [-0.15, -0.1) is 0 Å². The maximum absolute atomic E-state index is 9.13. The van der Waals surface area contributed by atoms with Gasteiger partial charge < -0.3 is 14.4 Å². The molecule has 1 saturated heterocycles. The van der Waals surface area contributed by atoms with Gasteiger partial charge in [0.2, 0.25) is 0 Å². The van der Waals surface area contributed by atoms with E-state index in [9.17, 15) is 0 Å². The van der Waals surface area contributed by atoms with Crippen LogP contribution in [0.15, 0.2) is 10.6 Å². The summed E-state index contributed by atoms with van der Waals surface area (Å²) in [5, 5.41) is 9.13. The smallest absolute Gasteiger partial charge is 0.198 e. The van der Waals surface area contributed by atoms with Gasteiger partial charge in [0.15, 0.2) is 5.89 Å². The highest BCUT2D eigenvalue weighted by Crippen LogP contribution is 2.29. The van der Waals surface area contributed by atoms with Crippen LogP contribution in [0.2, 0.25) is 0 Å². The van der Waals surface area contributed by atoms with E-state index in [0.29, 0.717) is 12.0 Å². The zero-order chi connectivity index (χ0) is 13.1. The fourth-order valence-corrected chi connectivity index (χ4v) is 2.48. The molecule has 102 valence electrons. The van der Waals surface area contributed by atoms with E-state index in [4.69, 9.17) is 9.52 Å². The van der Waals surface area contributed by atoms with E-state index in [0.717, 1.165) is 24.6 Å². The predicted octanol–water partition coefficient (Wildman–Crippen LogP) is 2.36. The molecule has 0 aliphatic carbocycles. The Labute approximate surface area is 109 Å². The van der Waals surface area contributed by atoms with E-state index in [-0.39, 0.29) is 12.5 Å². The maximum atomic E-state index is 9.13. The van der Waals surface area contributed by atoms with Gasteiger partial charge in [-0.05, 0) is 33.2 Å². The fraction of sp³-hybridized carbons (Fsp3) is 0.786. The Bertz CT molecular complexity index is 376. The molecule has 1 aromatic rings. The monoisotopic (exact) mass is 252 g/mol. The van der Waals surface area contributed by atoms with Crippen LogP contribution in [0.4, 0.5) is 0 Å². The Morgan fingerprint density at radius 3 is 2.94 bits per heavy atom. The van der Waals surface area contributed by atoms with Crippen LogP contribution in [-0.2, 0) is 0 Å². The van der Waals surface area contributed by atoms with E-state index in [1.807, 2.05) is 6.92 Å². The molecule has 18 heavy (non-hydrogen) atoms. The maximum Gasteiger partial charge on any atom is 0.198 e. The van der Waals surface area contributed by atoms with E-state index in [1.54, 1.807) is 6.20 Å². The quantitative estimate of drug-likeness (QED) is 0.893. The first kappa shape index (κ1) is 13.6. The molecule has 4 nitrogen and oxygen atoms in total. The Kier molecular flexibility index (Phi) is 4.40. The van der Waals surface area contributed by atoms with Crippen molar-refractivity contribution in [2.45, 2.75) is 51.5 Å². The van der Waals surface area contributed by atoms with Crippen LogP contribution in [0.5, 0.6) is 0 Å². The summed E-state index contributed by atoms with van der Waals surface area (Å²) in [6.07, 6.45) is 4.12. The Morgan fingerprint density at radius 2 is 2.28 bits per heavy atom. The number of likely N-dealkylation sites (tertiary alicyclic amines) is 1. The van der Waals surface area contributed by atoms with Crippen molar-refractivity contribution in [1.29, 1.82) is 0 Å². The highest BCUT2D eigenvalue weighted by molar-refractivity contribution is 5.05. The standard InChI is InChI=1S/C14H24N2O2/c1-10(2)16-6-4-5-12(8-16)14-15-7-13(18-14)11(3)9-17/h7,10-12,17H,4-6,8-9H2,1-3H3. The first-order chi connectivity index (χ1) is 8.61. The van der Waals surface area contributed by atoms with Gasteiger partial charge in [0.05, 0.1) is 12.8 Å². The molecule has 2 unspecified atom stereocenters. The number of rotatable bonds is 4. The Morgan fingerprint density at radius 1 is 1.50 bits per heavy atom. The van der Waals surface area contributed by atoms with Crippen LogP contribution in [0.1, 0.15) is 57.1 Å². The van der Waals surface area contributed by atoms with Gasteiger partial charge >= 0.3 is 0 Å². The van der Waals surface area contributed by atoms with Gasteiger partial charge in [-0.25, -0.2) is 4.98 Å². The lowest BCUT2D eigenvalue weighted by atomic mass is 9.97. The third-order valence-corrected chi connectivity index (χ3v) is 3.83. The predicted molar refractivity (Wildman–Crippen MR) is 70.7 cm³/mol. The molecule has 2 heterocycles. The average molecular weight is 252 g/mol. The van der Waals surface area contributed by atoms with Crippen molar-refractivity contribution in [1.82, 2.24) is 9.88 Å². The number of aromatic nitrogens is 1. The molecular weight excluding hydrogens is 228 g/mol. The summed E-state index contributed by atoms with van der Waals surface area (Å²) in [5.41, 5.74) is 0. The van der Waals surface area contributed by atoms with Gasteiger partial charge in [0, 0.05) is 24.4 Å². The zero-order valence-corrected chi connectivity index (χ0v) is 11.6. The number of piperidine rings is 1. The second-order valence-electron chi connectivity index (χ2n) is 5.61. The second-order valence-corrected chi connectivity index (χ2v) is 5.61. The lowest BCUT2D eigenvalue weighted by Gasteiger charge is -2.34. The van der Waals surface area contributed by atoms with Gasteiger partial charge in [-0.3, -0.25) is 0 Å². The van der Waals surface area contributed by atoms with Crippen LogP contribution < -0.4 is 0 Å². The lowest BCUT2D eigenvalue weighted by molar-refractivity contribution is 0.155. The van der Waals surface area contributed by atoms with Gasteiger partial charge in [0.1, 0.15) is 5.76 Å². The van der Waals surface area contributed by atoms with Gasteiger partial charge in [-0.2, -0.15) is 0 Å². The van der Waals surface area contributed by atoms with Crippen LogP contribution in [0.3, 0.4) is 0 Å². The van der Waals surface area contributed by atoms with Crippen molar-refractivity contribution >= 4 is 0 Å². The molecule has 0 spiro atoms. The Hall–Kier alpha value is -0.870. The van der Waals surface area contributed by atoms with Crippen LogP contribution in [0, 0.1) is 0 Å². The largest absolute Gasteiger partial charge is 0.445 e. The summed E-state index contributed by atoms with van der Waals surface area (Å²) in [4.78, 5) is 6.88. The summed E-state index contributed by atoms with van der Waals surface area (Å²) in [5.74, 6) is 2.08. The zero-order valence-electron chi connectivity index (χ0n) is 11.6. The summed E-state index contributed by atoms with van der Waals surface area (Å²) >= 11 is 0. The third-order valence-electron chi connectivity index (χ3n) is 3.83. The molecule has 2 atom stereocenters. The summed E-state index contributed by atoms with van der Waals surface area (Å²) in [6, 6.07) is 0.582. The van der Waals surface area contributed by atoms with Crippen LogP contribution in [-0.4, -0.2) is 40.7 Å². The highest BCUT2D eigenvalue weighted by atomic mass is 16.4. The molecule has 0 radical (unpaired) electrons. The molecule has 1 aliphatic heterocycles. The minimum absolute atomic E-state index is 0.0380. The third kappa shape index (κ3) is 2.93. The molecular formula is C14H24N2O2. The number of hydrogen-bond donors (Lipinski definition) is 1. The first-order valence-electron chi connectivity index (χ1n) is 6.92. The molecule has 0 bridgehead atoms. The van der Waals surface area contributed by atoms with Crippen molar-refractivity contribution in [3.8, 4) is 0 Å². The molecule has 1 aromatic heterocycles. The minimum Gasteiger partial charge on any atom is -0.445 e. The second kappa shape index (κ2) is 5.85. The van der Waals surface area contributed by atoms with Crippen LogP contribution in [0.25, 0.3) is 0 Å². The molecule has 4 heteroatoms. The summed E-state index contributed by atoms with van der Waals surface area (Å²) in [6.45, 7) is 8.73. The minimum atomic E-state index is 0.0380. The molecule has 0 aromatic carbocycles. The first-order valence-corrected chi connectivity index (χ1v) is 6.92. The number of nitrogens with zero attached hydrogens (tertiary/aromatic N) is 2. The lowest BCUT2D eigenvalue weighted by Crippen LogP contribution is -2.39. The molecule has 1 N–H and O–H groups in total. The number of hydrogen-bond acceptors (Lipinski definition) is 4. The van der Waals surface area contributed by atoms with Crippen molar-refractivity contribution in [2.75, 3.05) is 19.7 Å². The summed E-state index contributed by atoms with van der Waals surface area (Å²) in [7, 11) is 0. The van der Waals surface area contributed by atoms with E-state index in [2.05, 4.69) is 23.7 Å². The molecule has 1 aliphatic rings. The molecule has 0 saturated carbocycles. The topological polar surface area (TPSA) is 49.5 Å². The number of oxazole rings is 1. The molecule has 1 fully saturated rings. The van der Waals surface area contributed by atoms with E-state index < -0.39 is 0 Å². The normalized spacial score (nSPS) is 23.5. The van der Waals surface area contributed by atoms with Gasteiger partial charge in [0.25, 0.3) is 0 Å². The SMILES string of the molecule is CC(CO)c1cnc(C2CCCN(C(C)C)C2)o1. The number of aliphatic hydroxyl groups excluding tert-OH is 1. The highest BCUT2D eigenvalue weighted by Gasteiger charge is 2.26. The van der Waals surface area contributed by atoms with Crippen molar-refractivity contribution in [3.63, 3.8) is 0 Å². The van der Waals surface area contributed by atoms with Crippen molar-refractivity contribution in [2.24, 2.45) is 0 Å². The molecule has 2 rings (SSSR count). The molecule has 0 amide bonds. The van der Waals surface area contributed by atoms with Crippen molar-refractivity contribution in [3.05, 3.63) is 17.8 Å². The fourth-order valence-electron chi connectivity index (χ4n) is 2.48. The average Bonchev–Trinajstić information content (AvgIpc) is 2.87. The number of aliphatic hydroxyl groups is 1. The van der Waals surface area contributed by atoms with E-state index in [1.165, 1.54) is 13.0 Å². The van der Waals surface area contributed by atoms with Crippen LogP contribution >= 0.6 is 0 Å². The van der Waals surface area contributed by atoms with E-state index >= 15 is 0 Å².